The first-order valence-electron chi connectivity index (χ1n) is 7.84. The molecule has 0 spiro atoms. The number of aromatic nitrogens is 2. The van der Waals surface area contributed by atoms with E-state index in [4.69, 9.17) is 23.2 Å². The van der Waals surface area contributed by atoms with Gasteiger partial charge in [-0.25, -0.2) is 9.13 Å². The molecule has 1 heterocycles. The minimum absolute atomic E-state index is 0.145. The smallest absolute Gasteiger partial charge is 0.219 e. The third-order valence-corrected chi connectivity index (χ3v) is 5.42. The van der Waals surface area contributed by atoms with Crippen molar-refractivity contribution in [2.24, 2.45) is 0 Å². The first-order valence-corrected chi connectivity index (χ1v) is 8.60. The Labute approximate surface area is 142 Å². The molecule has 116 valence electrons. The van der Waals surface area contributed by atoms with Crippen molar-refractivity contribution in [3.63, 3.8) is 0 Å². The highest BCUT2D eigenvalue weighted by molar-refractivity contribution is 6.39. The van der Waals surface area contributed by atoms with Crippen LogP contribution in [-0.2, 0) is 18.5 Å². The molecule has 1 aromatic heterocycles. The zero-order valence-corrected chi connectivity index (χ0v) is 14.5. The molecule has 0 amide bonds. The van der Waals surface area contributed by atoms with Crippen LogP contribution in [0.25, 0.3) is 6.08 Å². The van der Waals surface area contributed by atoms with Crippen molar-refractivity contribution in [1.29, 1.82) is 0 Å². The van der Waals surface area contributed by atoms with Gasteiger partial charge >= 0.3 is 0 Å². The number of nitrogens with zero attached hydrogens (tertiary/aromatic N) is 2. The van der Waals surface area contributed by atoms with Crippen LogP contribution >= 0.6 is 23.2 Å². The van der Waals surface area contributed by atoms with Crippen molar-refractivity contribution >= 4 is 29.3 Å². The predicted molar refractivity (Wildman–Crippen MR) is 92.4 cm³/mol. The molecule has 3 rings (SSSR count). The van der Waals surface area contributed by atoms with Gasteiger partial charge in [-0.15, -0.1) is 0 Å². The van der Waals surface area contributed by atoms with Gasteiger partial charge in [0.2, 0.25) is 6.33 Å². The van der Waals surface area contributed by atoms with Gasteiger partial charge in [0.25, 0.3) is 10.3 Å². The maximum atomic E-state index is 6.55. The largest absolute Gasteiger partial charge is 0.255 e. The predicted octanol–water partition coefficient (Wildman–Crippen LogP) is 4.87. The Morgan fingerprint density at radius 3 is 2.73 bits per heavy atom. The van der Waals surface area contributed by atoms with Gasteiger partial charge in [0.15, 0.2) is 0 Å². The Bertz CT molecular complexity index is 718. The summed E-state index contributed by atoms with van der Waals surface area (Å²) in [7, 11) is 0. The van der Waals surface area contributed by atoms with Gasteiger partial charge in [0, 0.05) is 6.42 Å². The van der Waals surface area contributed by atoms with Gasteiger partial charge in [0.1, 0.15) is 5.54 Å². The van der Waals surface area contributed by atoms with Gasteiger partial charge in [-0.1, -0.05) is 44.2 Å². The molecule has 0 fully saturated rings. The number of halogens is 2. The van der Waals surface area contributed by atoms with Crippen LogP contribution in [0.15, 0.2) is 36.7 Å². The van der Waals surface area contributed by atoms with E-state index in [1.54, 1.807) is 0 Å². The Kier molecular flexibility index (Phi) is 4.33. The summed E-state index contributed by atoms with van der Waals surface area (Å²) in [4.78, 5) is 0. The molecule has 1 aromatic carbocycles. The number of allylic oxidation sites excluding steroid dienone is 1. The molecule has 0 saturated heterocycles. The summed E-state index contributed by atoms with van der Waals surface area (Å²) in [6, 6.07) is 8.53. The number of hydrogen-bond donors (Lipinski definition) is 0. The molecule has 0 N–H and O–H groups in total. The molecular formula is C18H21Cl2N2+. The Morgan fingerprint density at radius 2 is 2.00 bits per heavy atom. The van der Waals surface area contributed by atoms with Crippen LogP contribution in [0.2, 0.25) is 10.3 Å². The van der Waals surface area contributed by atoms with Gasteiger partial charge in [0.05, 0.1) is 6.54 Å². The van der Waals surface area contributed by atoms with E-state index in [0.717, 1.165) is 25.8 Å². The van der Waals surface area contributed by atoms with Crippen molar-refractivity contribution in [3.8, 4) is 0 Å². The monoisotopic (exact) mass is 335 g/mol. The van der Waals surface area contributed by atoms with E-state index in [1.807, 2.05) is 4.57 Å². The molecule has 0 radical (unpaired) electrons. The second-order valence-electron chi connectivity index (χ2n) is 5.93. The standard InChI is InChI=1S/C18H21Cl2N2/c1-3-11-21-13-22(17(20)16(21)19)18(4-2)10-9-14-7-5-6-8-15(14)12-18/h5-10,13H,3-4,11-12H2,1-2H3/q+1. The lowest BCUT2D eigenvalue weighted by molar-refractivity contribution is -0.694. The molecule has 1 aliphatic rings. The van der Waals surface area contributed by atoms with Gasteiger partial charge < -0.3 is 0 Å². The molecule has 1 unspecified atom stereocenters. The van der Waals surface area contributed by atoms with Gasteiger partial charge in [-0.2, -0.15) is 0 Å². The molecule has 2 aromatic rings. The van der Waals surface area contributed by atoms with Crippen molar-refractivity contribution in [3.05, 3.63) is 58.1 Å². The highest BCUT2D eigenvalue weighted by atomic mass is 35.5. The summed E-state index contributed by atoms with van der Waals surface area (Å²) < 4.78 is 4.18. The lowest BCUT2D eigenvalue weighted by atomic mass is 9.81. The summed E-state index contributed by atoms with van der Waals surface area (Å²) in [5, 5.41) is 1.25. The zero-order valence-electron chi connectivity index (χ0n) is 13.0. The maximum Gasteiger partial charge on any atom is 0.255 e. The minimum atomic E-state index is -0.145. The number of imidazole rings is 1. The maximum absolute atomic E-state index is 6.55. The van der Waals surface area contributed by atoms with Gasteiger partial charge in [-0.3, -0.25) is 0 Å². The van der Waals surface area contributed by atoms with E-state index in [9.17, 15) is 0 Å². The first kappa shape index (κ1) is 15.6. The molecule has 0 aliphatic heterocycles. The van der Waals surface area contributed by atoms with Crippen LogP contribution in [0.1, 0.15) is 37.8 Å². The van der Waals surface area contributed by atoms with E-state index in [-0.39, 0.29) is 5.54 Å². The summed E-state index contributed by atoms with van der Waals surface area (Å²) in [5.74, 6) is 0. The van der Waals surface area contributed by atoms with Crippen molar-refractivity contribution in [2.45, 2.75) is 45.2 Å². The van der Waals surface area contributed by atoms with E-state index in [1.165, 1.54) is 11.1 Å². The summed E-state index contributed by atoms with van der Waals surface area (Å²) in [5.41, 5.74) is 2.51. The number of aryl methyl sites for hydroxylation is 1. The van der Waals surface area contributed by atoms with Crippen molar-refractivity contribution in [2.75, 3.05) is 0 Å². The van der Waals surface area contributed by atoms with Crippen LogP contribution in [0, 0.1) is 0 Å². The lowest BCUT2D eigenvalue weighted by Crippen LogP contribution is -2.37. The Morgan fingerprint density at radius 1 is 1.23 bits per heavy atom. The average molecular weight is 336 g/mol. The molecule has 0 saturated carbocycles. The Hall–Kier alpha value is -1.25. The quantitative estimate of drug-likeness (QED) is 0.705. The molecular weight excluding hydrogens is 315 g/mol. The SMILES string of the molecule is CCC[n+]1cn(C2(CC)C=Cc3ccccc3C2)c(Cl)c1Cl. The molecule has 1 aliphatic carbocycles. The number of benzene rings is 1. The minimum Gasteiger partial charge on any atom is -0.219 e. The second-order valence-corrected chi connectivity index (χ2v) is 6.64. The highest BCUT2D eigenvalue weighted by Crippen LogP contribution is 2.37. The van der Waals surface area contributed by atoms with Gasteiger partial charge in [-0.05, 0) is 53.2 Å². The van der Waals surface area contributed by atoms with Crippen molar-refractivity contribution in [1.82, 2.24) is 4.57 Å². The molecule has 2 nitrogen and oxygen atoms in total. The van der Waals surface area contributed by atoms with Crippen molar-refractivity contribution < 1.29 is 4.57 Å². The average Bonchev–Trinajstić information content (AvgIpc) is 2.84. The lowest BCUT2D eigenvalue weighted by Gasteiger charge is -2.30. The zero-order chi connectivity index (χ0) is 15.7. The topological polar surface area (TPSA) is 8.81 Å². The number of rotatable bonds is 4. The molecule has 0 bridgehead atoms. The molecule has 4 heteroatoms. The number of hydrogen-bond acceptors (Lipinski definition) is 0. The van der Waals surface area contributed by atoms with Crippen LogP contribution in [0.3, 0.4) is 0 Å². The summed E-state index contributed by atoms with van der Waals surface area (Å²) in [6.07, 6.45) is 9.48. The third kappa shape index (κ3) is 2.49. The summed E-state index contributed by atoms with van der Waals surface area (Å²) in [6.45, 7) is 5.22. The Balaban J connectivity index is 2.08. The van der Waals surface area contributed by atoms with E-state index >= 15 is 0 Å². The van der Waals surface area contributed by atoms with E-state index in [2.05, 4.69) is 61.2 Å². The first-order chi connectivity index (χ1) is 10.6. The van der Waals surface area contributed by atoms with Crippen LogP contribution < -0.4 is 4.57 Å². The third-order valence-electron chi connectivity index (χ3n) is 4.57. The molecule has 1 atom stereocenters. The normalized spacial score (nSPS) is 20.2. The fourth-order valence-electron chi connectivity index (χ4n) is 3.24. The van der Waals surface area contributed by atoms with Crippen LogP contribution in [-0.4, -0.2) is 4.57 Å². The van der Waals surface area contributed by atoms with Crippen LogP contribution in [0.4, 0.5) is 0 Å². The van der Waals surface area contributed by atoms with E-state index in [0.29, 0.717) is 10.3 Å². The fraction of sp³-hybridized carbons (Fsp3) is 0.389. The van der Waals surface area contributed by atoms with E-state index < -0.39 is 0 Å². The molecule has 22 heavy (non-hydrogen) atoms. The second kappa shape index (κ2) is 6.10. The highest BCUT2D eigenvalue weighted by Gasteiger charge is 2.39. The summed E-state index contributed by atoms with van der Waals surface area (Å²) >= 11 is 13.0. The number of fused-ring (bicyclic) bond motifs is 1. The fourth-order valence-corrected chi connectivity index (χ4v) is 3.78. The van der Waals surface area contributed by atoms with Crippen LogP contribution in [0.5, 0.6) is 0 Å².